The molecule has 4 aromatic rings. The highest BCUT2D eigenvalue weighted by atomic mass is 19.1. The van der Waals surface area contributed by atoms with Gasteiger partial charge in [-0.3, -0.25) is 5.10 Å². The molecule has 0 amide bonds. The Labute approximate surface area is 169 Å². The van der Waals surface area contributed by atoms with Gasteiger partial charge in [0.2, 0.25) is 5.95 Å². The van der Waals surface area contributed by atoms with Crippen molar-refractivity contribution in [3.63, 3.8) is 0 Å². The van der Waals surface area contributed by atoms with Crippen LogP contribution >= 0.6 is 0 Å². The molecule has 0 spiro atoms. The molecule has 0 bridgehead atoms. The number of aromatic nitrogens is 4. The maximum atomic E-state index is 13.9. The van der Waals surface area contributed by atoms with Gasteiger partial charge in [-0.25, -0.2) is 18.2 Å². The number of H-pyrrole nitrogens is 1. The third kappa shape index (κ3) is 3.78. The number of aromatic amines is 1. The number of rotatable bonds is 6. The predicted molar refractivity (Wildman–Crippen MR) is 107 cm³/mol. The van der Waals surface area contributed by atoms with Crippen molar-refractivity contribution >= 4 is 28.5 Å². The number of hydrogen-bond donors (Lipinski definition) is 3. The molecule has 2 heterocycles. The molecule has 2 aromatic heterocycles. The third-order valence-corrected chi connectivity index (χ3v) is 4.97. The highest BCUT2D eigenvalue weighted by Crippen LogP contribution is 2.39. The fourth-order valence-electron chi connectivity index (χ4n) is 3.24. The van der Waals surface area contributed by atoms with Gasteiger partial charge in [-0.15, -0.1) is 0 Å². The molecular formula is C21H17F3N6. The fourth-order valence-corrected chi connectivity index (χ4v) is 3.24. The van der Waals surface area contributed by atoms with Gasteiger partial charge in [0.1, 0.15) is 23.3 Å². The molecule has 152 valence electrons. The molecule has 1 aliphatic carbocycles. The number of anilines is 3. The molecule has 3 N–H and O–H groups in total. The van der Waals surface area contributed by atoms with E-state index in [1.165, 1.54) is 24.3 Å². The van der Waals surface area contributed by atoms with Gasteiger partial charge < -0.3 is 10.6 Å². The van der Waals surface area contributed by atoms with E-state index in [1.54, 1.807) is 6.07 Å². The normalized spacial score (nSPS) is 13.6. The first kappa shape index (κ1) is 18.4. The molecule has 6 nitrogen and oxygen atoms in total. The van der Waals surface area contributed by atoms with E-state index in [4.69, 9.17) is 0 Å². The van der Waals surface area contributed by atoms with Gasteiger partial charge in [-0.1, -0.05) is 6.07 Å². The first-order valence-corrected chi connectivity index (χ1v) is 9.52. The zero-order chi connectivity index (χ0) is 20.7. The first-order valence-electron chi connectivity index (χ1n) is 9.52. The van der Waals surface area contributed by atoms with Crippen molar-refractivity contribution in [1.82, 2.24) is 20.2 Å². The van der Waals surface area contributed by atoms with Crippen LogP contribution in [0, 0.1) is 17.5 Å². The summed E-state index contributed by atoms with van der Waals surface area (Å²) in [6, 6.07) is 9.47. The second-order valence-electron chi connectivity index (χ2n) is 7.25. The summed E-state index contributed by atoms with van der Waals surface area (Å²) in [5.74, 6) is -0.0473. The molecule has 9 heteroatoms. The van der Waals surface area contributed by atoms with Gasteiger partial charge in [0.25, 0.3) is 0 Å². The number of nitrogens with zero attached hydrogens (tertiary/aromatic N) is 3. The van der Waals surface area contributed by atoms with E-state index in [0.29, 0.717) is 28.5 Å². The molecular weight excluding hydrogens is 393 g/mol. The largest absolute Gasteiger partial charge is 0.350 e. The Morgan fingerprint density at radius 2 is 1.77 bits per heavy atom. The maximum Gasteiger partial charge on any atom is 0.225 e. The van der Waals surface area contributed by atoms with Crippen LogP contribution in [-0.4, -0.2) is 20.2 Å². The van der Waals surface area contributed by atoms with Crippen LogP contribution in [-0.2, 0) is 6.54 Å². The van der Waals surface area contributed by atoms with Gasteiger partial charge in [-0.2, -0.15) is 10.1 Å². The van der Waals surface area contributed by atoms with E-state index in [-0.39, 0.29) is 18.1 Å². The lowest BCUT2D eigenvalue weighted by Gasteiger charge is -2.11. The van der Waals surface area contributed by atoms with E-state index >= 15 is 0 Å². The number of halogens is 3. The monoisotopic (exact) mass is 410 g/mol. The van der Waals surface area contributed by atoms with Crippen LogP contribution in [0.2, 0.25) is 0 Å². The second kappa shape index (κ2) is 7.33. The van der Waals surface area contributed by atoms with E-state index in [9.17, 15) is 13.2 Å². The lowest BCUT2D eigenvalue weighted by molar-refractivity contribution is 0.574. The van der Waals surface area contributed by atoms with Gasteiger partial charge in [-0.05, 0) is 37.1 Å². The maximum absolute atomic E-state index is 13.9. The summed E-state index contributed by atoms with van der Waals surface area (Å²) in [6.45, 7) is 0.0620. The summed E-state index contributed by atoms with van der Waals surface area (Å²) in [7, 11) is 0. The first-order chi connectivity index (χ1) is 14.5. The summed E-state index contributed by atoms with van der Waals surface area (Å²) in [6.07, 6.45) is 2.27. The summed E-state index contributed by atoms with van der Waals surface area (Å²) in [5, 5.41) is 13.8. The molecule has 30 heavy (non-hydrogen) atoms. The molecule has 1 saturated carbocycles. The fraction of sp³-hybridized carbons (Fsp3) is 0.190. The molecule has 0 radical (unpaired) electrons. The van der Waals surface area contributed by atoms with Crippen LogP contribution < -0.4 is 10.6 Å². The van der Waals surface area contributed by atoms with Gasteiger partial charge in [0, 0.05) is 41.2 Å². The second-order valence-corrected chi connectivity index (χ2v) is 7.25. The smallest absolute Gasteiger partial charge is 0.225 e. The Bertz CT molecular complexity index is 1230. The zero-order valence-corrected chi connectivity index (χ0v) is 15.7. The molecule has 2 aromatic carbocycles. The Morgan fingerprint density at radius 1 is 0.967 bits per heavy atom. The van der Waals surface area contributed by atoms with Crippen LogP contribution in [0.15, 0.2) is 42.5 Å². The van der Waals surface area contributed by atoms with E-state index < -0.39 is 17.5 Å². The number of benzene rings is 2. The lowest BCUT2D eigenvalue weighted by Crippen LogP contribution is -2.07. The van der Waals surface area contributed by atoms with Crippen LogP contribution in [0.3, 0.4) is 0 Å². The van der Waals surface area contributed by atoms with Crippen molar-refractivity contribution in [2.75, 3.05) is 10.6 Å². The quantitative estimate of drug-likeness (QED) is 0.417. The van der Waals surface area contributed by atoms with Crippen LogP contribution in [0.1, 0.15) is 30.0 Å². The average molecular weight is 410 g/mol. The molecule has 0 unspecified atom stereocenters. The van der Waals surface area contributed by atoms with E-state index in [1.807, 2.05) is 6.07 Å². The Balaban J connectivity index is 1.45. The van der Waals surface area contributed by atoms with Gasteiger partial charge in [0.15, 0.2) is 5.82 Å². The Kier molecular flexibility index (Phi) is 4.50. The Hall–Kier alpha value is -3.62. The Morgan fingerprint density at radius 3 is 2.57 bits per heavy atom. The van der Waals surface area contributed by atoms with Crippen molar-refractivity contribution in [1.29, 1.82) is 0 Å². The van der Waals surface area contributed by atoms with Crippen molar-refractivity contribution in [2.45, 2.75) is 25.3 Å². The minimum Gasteiger partial charge on any atom is -0.350 e. The summed E-state index contributed by atoms with van der Waals surface area (Å²) in [4.78, 5) is 8.79. The van der Waals surface area contributed by atoms with Crippen LogP contribution in [0.5, 0.6) is 0 Å². The topological polar surface area (TPSA) is 78.5 Å². The molecule has 1 aliphatic rings. The lowest BCUT2D eigenvalue weighted by atomic mass is 10.2. The molecule has 5 rings (SSSR count). The number of hydrogen-bond acceptors (Lipinski definition) is 5. The SMILES string of the molecule is Fc1ccc(CNc2nc(Nc3cc(C4CC4)[nH]n3)c3cc(F)ccc3n2)c(F)c1. The molecule has 1 fully saturated rings. The standard InChI is InChI=1S/C21H17F3N6/c22-13-5-6-17-15(7-13)20(27-19-9-18(29-30-19)11-1-2-11)28-21(26-17)25-10-12-3-4-14(23)8-16(12)24/h3-9,11H,1-2,10H2,(H3,25,26,27,28,29,30). The van der Waals surface area contributed by atoms with Crippen LogP contribution in [0.25, 0.3) is 10.9 Å². The van der Waals surface area contributed by atoms with Crippen molar-refractivity contribution in [3.05, 3.63) is 71.2 Å². The third-order valence-electron chi connectivity index (χ3n) is 4.97. The van der Waals surface area contributed by atoms with Crippen molar-refractivity contribution < 1.29 is 13.2 Å². The number of nitrogens with one attached hydrogen (secondary N) is 3. The molecule has 0 aliphatic heterocycles. The predicted octanol–water partition coefficient (Wildman–Crippen LogP) is 5.00. The minimum absolute atomic E-state index is 0.0620. The highest BCUT2D eigenvalue weighted by Gasteiger charge is 2.25. The molecule has 0 saturated heterocycles. The van der Waals surface area contributed by atoms with E-state index in [0.717, 1.165) is 24.6 Å². The summed E-state index contributed by atoms with van der Waals surface area (Å²) in [5.41, 5.74) is 1.83. The summed E-state index contributed by atoms with van der Waals surface area (Å²) < 4.78 is 40.8. The minimum atomic E-state index is -0.659. The zero-order valence-electron chi connectivity index (χ0n) is 15.7. The van der Waals surface area contributed by atoms with Gasteiger partial charge in [0.05, 0.1) is 5.52 Å². The van der Waals surface area contributed by atoms with Crippen LogP contribution in [0.4, 0.5) is 30.8 Å². The van der Waals surface area contributed by atoms with Crippen molar-refractivity contribution in [3.8, 4) is 0 Å². The van der Waals surface area contributed by atoms with E-state index in [2.05, 4.69) is 30.8 Å². The molecule has 0 atom stereocenters. The highest BCUT2D eigenvalue weighted by molar-refractivity contribution is 5.91. The van der Waals surface area contributed by atoms with Crippen molar-refractivity contribution in [2.24, 2.45) is 0 Å². The average Bonchev–Trinajstić information content (AvgIpc) is 3.47. The summed E-state index contributed by atoms with van der Waals surface area (Å²) >= 11 is 0. The number of fused-ring (bicyclic) bond motifs is 1. The van der Waals surface area contributed by atoms with Gasteiger partial charge >= 0.3 is 0 Å².